The van der Waals surface area contributed by atoms with Gasteiger partial charge in [0.2, 0.25) is 0 Å². The van der Waals surface area contributed by atoms with Crippen molar-refractivity contribution >= 4 is 11.5 Å². The molecule has 9 heteroatoms. The van der Waals surface area contributed by atoms with E-state index >= 15 is 0 Å². The van der Waals surface area contributed by atoms with E-state index in [1.54, 1.807) is 6.07 Å². The number of aromatic nitrogens is 4. The molecular weight excluding hydrogens is 297 g/mol. The van der Waals surface area contributed by atoms with Crippen LogP contribution in [0.3, 0.4) is 0 Å². The van der Waals surface area contributed by atoms with Gasteiger partial charge in [0.15, 0.2) is 5.65 Å². The number of rotatable bonds is 2. The second-order valence-electron chi connectivity index (χ2n) is 4.95. The van der Waals surface area contributed by atoms with E-state index in [4.69, 9.17) is 6.42 Å². The number of terminal acetylenes is 1. The number of anilines is 1. The van der Waals surface area contributed by atoms with Gasteiger partial charge in [-0.3, -0.25) is 4.90 Å². The van der Waals surface area contributed by atoms with E-state index in [0.717, 1.165) is 17.6 Å². The fourth-order valence-electron chi connectivity index (χ4n) is 2.39. The smallest absolute Gasteiger partial charge is 0.353 e. The van der Waals surface area contributed by atoms with E-state index in [9.17, 15) is 13.2 Å². The number of piperazine rings is 1. The van der Waals surface area contributed by atoms with E-state index in [2.05, 4.69) is 26.1 Å². The minimum Gasteiger partial charge on any atom is -0.353 e. The lowest BCUT2D eigenvalue weighted by Crippen LogP contribution is -2.46. The van der Waals surface area contributed by atoms with E-state index in [-0.39, 0.29) is 5.65 Å². The van der Waals surface area contributed by atoms with Crippen LogP contribution in [0.2, 0.25) is 0 Å². The highest BCUT2D eigenvalue weighted by molar-refractivity contribution is 5.46. The van der Waals surface area contributed by atoms with Gasteiger partial charge in [0.1, 0.15) is 5.82 Å². The van der Waals surface area contributed by atoms with Gasteiger partial charge >= 0.3 is 6.18 Å². The van der Waals surface area contributed by atoms with Crippen LogP contribution in [0.25, 0.3) is 5.65 Å². The Hall–Kier alpha value is -2.34. The van der Waals surface area contributed by atoms with Crippen molar-refractivity contribution in [1.29, 1.82) is 0 Å². The molecule has 1 aliphatic rings. The molecule has 0 bridgehead atoms. The summed E-state index contributed by atoms with van der Waals surface area (Å²) in [5, 5.41) is 10.7. The fraction of sp³-hybridized carbons (Fsp3) is 0.462. The lowest BCUT2D eigenvalue weighted by Gasteiger charge is -2.34. The quantitative estimate of drug-likeness (QED) is 0.771. The molecule has 0 spiro atoms. The van der Waals surface area contributed by atoms with Crippen molar-refractivity contribution in [1.82, 2.24) is 24.7 Å². The molecule has 3 rings (SSSR count). The maximum Gasteiger partial charge on any atom is 0.453 e. The summed E-state index contributed by atoms with van der Waals surface area (Å²) >= 11 is 0. The van der Waals surface area contributed by atoms with Gasteiger partial charge in [-0.2, -0.15) is 17.7 Å². The predicted molar refractivity (Wildman–Crippen MR) is 73.3 cm³/mol. The molecule has 0 aromatic carbocycles. The van der Waals surface area contributed by atoms with E-state index in [1.165, 1.54) is 6.07 Å². The van der Waals surface area contributed by atoms with Crippen molar-refractivity contribution in [2.75, 3.05) is 37.6 Å². The van der Waals surface area contributed by atoms with Crippen molar-refractivity contribution in [3.05, 3.63) is 18.0 Å². The summed E-state index contributed by atoms with van der Waals surface area (Å²) in [5.41, 5.74) is 0.0713. The van der Waals surface area contributed by atoms with Crippen molar-refractivity contribution in [3.8, 4) is 12.3 Å². The van der Waals surface area contributed by atoms with Crippen LogP contribution in [0.4, 0.5) is 19.0 Å². The number of halogens is 3. The molecule has 2 aromatic rings. The first-order chi connectivity index (χ1) is 10.5. The molecule has 22 heavy (non-hydrogen) atoms. The summed E-state index contributed by atoms with van der Waals surface area (Å²) in [4.78, 5) is 4.03. The zero-order valence-corrected chi connectivity index (χ0v) is 11.6. The Kier molecular flexibility index (Phi) is 3.62. The molecule has 0 unspecified atom stereocenters. The fourth-order valence-corrected chi connectivity index (χ4v) is 2.39. The Labute approximate surface area is 124 Å². The minimum absolute atomic E-state index is 0.0713. The summed E-state index contributed by atoms with van der Waals surface area (Å²) in [5.74, 6) is 1.94. The zero-order valence-electron chi connectivity index (χ0n) is 11.6. The summed E-state index contributed by atoms with van der Waals surface area (Å²) in [6.07, 6.45) is 0.685. The van der Waals surface area contributed by atoms with Gasteiger partial charge in [-0.15, -0.1) is 21.7 Å². The van der Waals surface area contributed by atoms with Gasteiger partial charge in [-0.1, -0.05) is 5.92 Å². The zero-order chi connectivity index (χ0) is 15.7. The van der Waals surface area contributed by atoms with Crippen molar-refractivity contribution in [2.45, 2.75) is 6.18 Å². The number of nitrogens with zero attached hydrogens (tertiary/aromatic N) is 6. The number of alkyl halides is 3. The Morgan fingerprint density at radius 3 is 2.50 bits per heavy atom. The third kappa shape index (κ3) is 2.69. The third-order valence-corrected chi connectivity index (χ3v) is 3.51. The van der Waals surface area contributed by atoms with Gasteiger partial charge in [-0.25, -0.2) is 0 Å². The van der Waals surface area contributed by atoms with Crippen LogP contribution in [0, 0.1) is 12.3 Å². The first kappa shape index (κ1) is 14.6. The molecule has 1 aliphatic heterocycles. The molecule has 0 atom stereocenters. The van der Waals surface area contributed by atoms with E-state index < -0.39 is 12.0 Å². The Bertz CT molecular complexity index is 709. The lowest BCUT2D eigenvalue weighted by molar-refractivity contribution is -0.146. The summed E-state index contributed by atoms with van der Waals surface area (Å²) in [6.45, 7) is 3.38. The van der Waals surface area contributed by atoms with Crippen LogP contribution in [0.15, 0.2) is 12.1 Å². The van der Waals surface area contributed by atoms with Crippen molar-refractivity contribution in [3.63, 3.8) is 0 Å². The van der Waals surface area contributed by atoms with Crippen LogP contribution in [0.1, 0.15) is 5.82 Å². The number of hydrogen-bond acceptors (Lipinski definition) is 5. The highest BCUT2D eigenvalue weighted by Crippen LogP contribution is 2.28. The molecule has 6 nitrogen and oxygen atoms in total. The molecule has 0 N–H and O–H groups in total. The molecule has 0 amide bonds. The molecular formula is C13H13F3N6. The monoisotopic (exact) mass is 310 g/mol. The van der Waals surface area contributed by atoms with Crippen LogP contribution in [-0.2, 0) is 6.18 Å². The number of fused-ring (bicyclic) bond motifs is 1. The van der Waals surface area contributed by atoms with Gasteiger partial charge in [-0.05, 0) is 12.1 Å². The Morgan fingerprint density at radius 1 is 1.14 bits per heavy atom. The van der Waals surface area contributed by atoms with Crippen LogP contribution in [0.5, 0.6) is 0 Å². The lowest BCUT2D eigenvalue weighted by atomic mass is 10.3. The topological polar surface area (TPSA) is 49.6 Å². The molecule has 1 fully saturated rings. The summed E-state index contributed by atoms with van der Waals surface area (Å²) < 4.78 is 39.3. The molecule has 0 saturated carbocycles. The van der Waals surface area contributed by atoms with E-state index in [0.29, 0.717) is 25.5 Å². The van der Waals surface area contributed by atoms with Crippen LogP contribution >= 0.6 is 0 Å². The van der Waals surface area contributed by atoms with Crippen LogP contribution < -0.4 is 4.90 Å². The normalized spacial score (nSPS) is 16.9. The SMILES string of the molecule is C#CCN1CCN(c2ccc3nnc(C(F)(F)F)n3n2)CC1. The summed E-state index contributed by atoms with van der Waals surface area (Å²) in [6, 6.07) is 3.14. The van der Waals surface area contributed by atoms with E-state index in [1.807, 2.05) is 4.90 Å². The second kappa shape index (κ2) is 5.46. The summed E-state index contributed by atoms with van der Waals surface area (Å²) in [7, 11) is 0. The molecule has 3 heterocycles. The predicted octanol–water partition coefficient (Wildman–Crippen LogP) is 0.898. The molecule has 0 radical (unpaired) electrons. The van der Waals surface area contributed by atoms with Gasteiger partial charge in [0.25, 0.3) is 5.82 Å². The van der Waals surface area contributed by atoms with Gasteiger partial charge in [0, 0.05) is 26.2 Å². The first-order valence-corrected chi connectivity index (χ1v) is 6.69. The second-order valence-corrected chi connectivity index (χ2v) is 4.95. The Morgan fingerprint density at radius 2 is 1.86 bits per heavy atom. The average Bonchev–Trinajstić information content (AvgIpc) is 2.91. The largest absolute Gasteiger partial charge is 0.453 e. The average molecular weight is 310 g/mol. The highest BCUT2D eigenvalue weighted by atomic mass is 19.4. The molecule has 116 valence electrons. The van der Waals surface area contributed by atoms with Gasteiger partial charge in [0.05, 0.1) is 6.54 Å². The standard InChI is InChI=1S/C13H13F3N6/c1-2-5-20-6-8-21(9-7-20)11-4-3-10-17-18-12(13(14,15)16)22(10)19-11/h1,3-4H,5-9H2. The van der Waals surface area contributed by atoms with Crippen molar-refractivity contribution in [2.24, 2.45) is 0 Å². The Balaban J connectivity index is 1.85. The minimum atomic E-state index is -4.59. The maximum absolute atomic E-state index is 12.9. The highest BCUT2D eigenvalue weighted by Gasteiger charge is 2.37. The molecule has 1 saturated heterocycles. The molecule has 0 aliphatic carbocycles. The maximum atomic E-state index is 12.9. The third-order valence-electron chi connectivity index (χ3n) is 3.51. The number of hydrogen-bond donors (Lipinski definition) is 0. The first-order valence-electron chi connectivity index (χ1n) is 6.69. The molecule has 2 aromatic heterocycles. The van der Waals surface area contributed by atoms with Crippen LogP contribution in [-0.4, -0.2) is 57.4 Å². The van der Waals surface area contributed by atoms with Crippen molar-refractivity contribution < 1.29 is 13.2 Å². The van der Waals surface area contributed by atoms with Gasteiger partial charge < -0.3 is 4.90 Å².